The van der Waals surface area contributed by atoms with Gasteiger partial charge < -0.3 is 24.3 Å². The summed E-state index contributed by atoms with van der Waals surface area (Å²) in [5.41, 5.74) is 1.12. The number of imidazole rings is 1. The highest BCUT2D eigenvalue weighted by molar-refractivity contribution is 5.81. The van der Waals surface area contributed by atoms with Crippen molar-refractivity contribution in [1.82, 2.24) is 19.8 Å². The Morgan fingerprint density at radius 3 is 2.92 bits per heavy atom. The molecule has 24 heavy (non-hydrogen) atoms. The van der Waals surface area contributed by atoms with Crippen LogP contribution in [0.5, 0.6) is 0 Å². The van der Waals surface area contributed by atoms with Gasteiger partial charge in [0.25, 0.3) is 0 Å². The third-order valence-electron chi connectivity index (χ3n) is 4.27. The van der Waals surface area contributed by atoms with Gasteiger partial charge in [-0.1, -0.05) is 0 Å². The van der Waals surface area contributed by atoms with Gasteiger partial charge in [0.1, 0.15) is 12.4 Å². The molecule has 2 heterocycles. The van der Waals surface area contributed by atoms with Crippen LogP contribution in [0.25, 0.3) is 0 Å². The number of ether oxygens (including phenoxy) is 2. The zero-order chi connectivity index (χ0) is 17.5. The van der Waals surface area contributed by atoms with Gasteiger partial charge in [0.2, 0.25) is 0 Å². The van der Waals surface area contributed by atoms with Crippen LogP contribution in [0.1, 0.15) is 30.3 Å². The Hall–Kier alpha value is -2.09. The average Bonchev–Trinajstić information content (AvgIpc) is 3.20. The zero-order valence-corrected chi connectivity index (χ0v) is 14.6. The van der Waals surface area contributed by atoms with Crippen molar-refractivity contribution < 1.29 is 19.1 Å². The Kier molecular flexibility index (Phi) is 6.60. The molecule has 2 amide bonds. The van der Waals surface area contributed by atoms with Crippen LogP contribution in [-0.2, 0) is 20.8 Å². The molecule has 8 heteroatoms. The highest BCUT2D eigenvalue weighted by Gasteiger charge is 2.30. The van der Waals surface area contributed by atoms with Gasteiger partial charge in [-0.05, 0) is 19.8 Å². The van der Waals surface area contributed by atoms with E-state index < -0.39 is 5.97 Å². The molecule has 8 nitrogen and oxygen atoms in total. The fourth-order valence-electron chi connectivity index (χ4n) is 2.95. The maximum atomic E-state index is 12.1. The number of hydrogen-bond acceptors (Lipinski definition) is 5. The number of aromatic nitrogens is 2. The molecule has 2 rings (SSSR count). The summed E-state index contributed by atoms with van der Waals surface area (Å²) in [4.78, 5) is 29.5. The summed E-state index contributed by atoms with van der Waals surface area (Å²) in [6, 6.07) is -0.239. The van der Waals surface area contributed by atoms with Crippen LogP contribution in [-0.4, -0.2) is 66.9 Å². The second-order valence-corrected chi connectivity index (χ2v) is 5.92. The fraction of sp³-hybridized carbons (Fsp3) is 0.688. The van der Waals surface area contributed by atoms with Crippen molar-refractivity contribution >= 4 is 12.0 Å². The molecular weight excluding hydrogens is 312 g/mol. The minimum atomic E-state index is -0.455. The van der Waals surface area contributed by atoms with Crippen LogP contribution in [0.3, 0.4) is 0 Å². The van der Waals surface area contributed by atoms with Crippen LogP contribution >= 0.6 is 0 Å². The van der Waals surface area contributed by atoms with Crippen molar-refractivity contribution in [1.29, 1.82) is 0 Å². The highest BCUT2D eigenvalue weighted by Crippen LogP contribution is 2.27. The van der Waals surface area contributed by atoms with Gasteiger partial charge in [0.05, 0.1) is 7.11 Å². The maximum Gasteiger partial charge on any atom is 0.325 e. The first-order valence-electron chi connectivity index (χ1n) is 8.17. The van der Waals surface area contributed by atoms with Gasteiger partial charge in [0.15, 0.2) is 0 Å². The lowest BCUT2D eigenvalue weighted by Crippen LogP contribution is -2.41. The second-order valence-electron chi connectivity index (χ2n) is 5.92. The van der Waals surface area contributed by atoms with E-state index in [2.05, 4.69) is 19.6 Å². The summed E-state index contributed by atoms with van der Waals surface area (Å²) in [6.07, 6.45) is 3.67. The summed E-state index contributed by atoms with van der Waals surface area (Å²) < 4.78 is 11.8. The van der Waals surface area contributed by atoms with Gasteiger partial charge in [0, 0.05) is 51.2 Å². The van der Waals surface area contributed by atoms with E-state index in [1.165, 1.54) is 7.11 Å². The predicted octanol–water partition coefficient (Wildman–Crippen LogP) is 0.900. The average molecular weight is 338 g/mol. The Labute approximate surface area is 142 Å². The number of esters is 1. The van der Waals surface area contributed by atoms with Crippen molar-refractivity contribution in [2.45, 2.75) is 32.2 Å². The number of aryl methyl sites for hydroxylation is 1. The number of carbonyl (C=O) groups excluding carboxylic acids is 2. The molecule has 1 aliphatic rings. The molecule has 1 unspecified atom stereocenters. The fourth-order valence-corrected chi connectivity index (χ4v) is 2.95. The summed E-state index contributed by atoms with van der Waals surface area (Å²) in [7, 11) is 3.00. The van der Waals surface area contributed by atoms with Crippen LogP contribution in [0.4, 0.5) is 4.79 Å². The summed E-state index contributed by atoms with van der Waals surface area (Å²) >= 11 is 0. The Bertz CT molecular complexity index is 572. The van der Waals surface area contributed by atoms with E-state index >= 15 is 0 Å². The lowest BCUT2D eigenvalue weighted by atomic mass is 10.1. The van der Waals surface area contributed by atoms with Crippen LogP contribution < -0.4 is 5.32 Å². The molecule has 1 atom stereocenters. The van der Waals surface area contributed by atoms with Gasteiger partial charge in [-0.25, -0.2) is 9.78 Å². The molecule has 1 saturated heterocycles. The van der Waals surface area contributed by atoms with Gasteiger partial charge in [-0.2, -0.15) is 0 Å². The molecule has 0 bridgehead atoms. The molecule has 1 N–H and O–H groups in total. The lowest BCUT2D eigenvalue weighted by Gasteiger charge is -2.18. The normalized spacial score (nSPS) is 17.1. The molecule has 1 aromatic rings. The molecule has 1 aliphatic heterocycles. The molecule has 0 radical (unpaired) electrons. The van der Waals surface area contributed by atoms with Crippen molar-refractivity contribution in [3.05, 3.63) is 17.7 Å². The summed E-state index contributed by atoms with van der Waals surface area (Å²) in [5, 5.41) is 2.58. The number of likely N-dealkylation sites (tertiary alicyclic amines) is 1. The quantitative estimate of drug-likeness (QED) is 0.590. The lowest BCUT2D eigenvalue weighted by molar-refractivity contribution is -0.139. The van der Waals surface area contributed by atoms with Crippen molar-refractivity contribution in [3.63, 3.8) is 0 Å². The predicted molar refractivity (Wildman–Crippen MR) is 87.8 cm³/mol. The molecular formula is C16H26N4O4. The number of rotatable bonds is 7. The third kappa shape index (κ3) is 4.47. The Balaban J connectivity index is 1.93. The monoisotopic (exact) mass is 338 g/mol. The minimum Gasteiger partial charge on any atom is -0.468 e. The van der Waals surface area contributed by atoms with E-state index in [0.717, 1.165) is 30.9 Å². The second kappa shape index (κ2) is 8.68. The summed E-state index contributed by atoms with van der Waals surface area (Å²) in [6.45, 7) is 4.76. The Morgan fingerprint density at radius 2 is 2.21 bits per heavy atom. The van der Waals surface area contributed by atoms with Gasteiger partial charge >= 0.3 is 12.0 Å². The number of hydrogen-bond donors (Lipinski definition) is 1. The SMILES string of the molecule is COCCCn1c(C)cnc1C1CCN(C(=O)NCC(=O)OC)C1. The molecule has 134 valence electrons. The number of nitrogens with one attached hydrogen (secondary N) is 1. The smallest absolute Gasteiger partial charge is 0.325 e. The molecule has 0 aromatic carbocycles. The molecule has 1 aromatic heterocycles. The molecule has 0 spiro atoms. The van der Waals surface area contributed by atoms with Crippen LogP contribution in [0, 0.1) is 6.92 Å². The number of methoxy groups -OCH3 is 2. The maximum absolute atomic E-state index is 12.1. The van der Waals surface area contributed by atoms with E-state index in [0.29, 0.717) is 19.7 Å². The van der Waals surface area contributed by atoms with E-state index in [9.17, 15) is 9.59 Å². The van der Waals surface area contributed by atoms with Crippen molar-refractivity contribution in [3.8, 4) is 0 Å². The van der Waals surface area contributed by atoms with E-state index in [1.54, 1.807) is 12.0 Å². The largest absolute Gasteiger partial charge is 0.468 e. The molecule has 0 aliphatic carbocycles. The number of urea groups is 1. The molecule has 1 fully saturated rings. The van der Waals surface area contributed by atoms with Crippen LogP contribution in [0.2, 0.25) is 0 Å². The van der Waals surface area contributed by atoms with Crippen molar-refractivity contribution in [2.24, 2.45) is 0 Å². The number of carbonyl (C=O) groups is 2. The van der Waals surface area contributed by atoms with Crippen LogP contribution in [0.15, 0.2) is 6.20 Å². The van der Waals surface area contributed by atoms with E-state index in [4.69, 9.17) is 4.74 Å². The Morgan fingerprint density at radius 1 is 1.42 bits per heavy atom. The third-order valence-corrected chi connectivity index (χ3v) is 4.27. The highest BCUT2D eigenvalue weighted by atomic mass is 16.5. The molecule has 0 saturated carbocycles. The van der Waals surface area contributed by atoms with Gasteiger partial charge in [-0.15, -0.1) is 0 Å². The number of nitrogens with zero attached hydrogens (tertiary/aromatic N) is 3. The van der Waals surface area contributed by atoms with Gasteiger partial charge in [-0.3, -0.25) is 4.79 Å². The first-order chi connectivity index (χ1) is 11.6. The first kappa shape index (κ1) is 18.3. The van der Waals surface area contributed by atoms with Crippen molar-refractivity contribution in [2.75, 3.05) is 40.5 Å². The first-order valence-corrected chi connectivity index (χ1v) is 8.17. The summed E-state index contributed by atoms with van der Waals surface area (Å²) in [5.74, 6) is 0.778. The standard InChI is InChI=1S/C16H26N4O4/c1-12-9-17-15(20(12)6-4-8-23-2)13-5-7-19(11-13)16(22)18-10-14(21)24-3/h9,13H,4-8,10-11H2,1-3H3,(H,18,22). The minimum absolute atomic E-state index is 0.110. The number of amides is 2. The topological polar surface area (TPSA) is 85.7 Å². The van der Waals surface area contributed by atoms with E-state index in [1.807, 2.05) is 13.1 Å². The zero-order valence-electron chi connectivity index (χ0n) is 14.6. The van der Waals surface area contributed by atoms with E-state index in [-0.39, 0.29) is 18.5 Å².